The highest BCUT2D eigenvalue weighted by Crippen LogP contribution is 2.05. The molecule has 0 saturated carbocycles. The molecule has 1 N–H and O–H groups in total. The topological polar surface area (TPSA) is 50.9 Å². The first-order valence-corrected chi connectivity index (χ1v) is 3.65. The van der Waals surface area contributed by atoms with E-state index in [0.717, 1.165) is 11.6 Å². The van der Waals surface area contributed by atoms with Crippen molar-refractivity contribution in [3.05, 3.63) is 11.6 Å². The lowest BCUT2D eigenvalue weighted by Crippen LogP contribution is -2.12. The van der Waals surface area contributed by atoms with Crippen LogP contribution in [0.25, 0.3) is 0 Å². The Morgan fingerprint density at radius 2 is 2.18 bits per heavy atom. The Hall–Kier alpha value is -0.900. The van der Waals surface area contributed by atoms with Gasteiger partial charge in [0.2, 0.25) is 0 Å². The maximum absolute atomic E-state index is 8.83. The second-order valence-corrected chi connectivity index (χ2v) is 2.68. The van der Waals surface area contributed by atoms with Crippen molar-refractivity contribution in [3.8, 4) is 0 Å². The number of rotatable bonds is 2. The Balaban J connectivity index is 2.93. The summed E-state index contributed by atoms with van der Waals surface area (Å²) in [4.78, 5) is 4.12. The highest BCUT2D eigenvalue weighted by Gasteiger charge is 2.08. The molecule has 0 aromatic carbocycles. The fourth-order valence-corrected chi connectivity index (χ4v) is 1.03. The molecule has 0 fully saturated rings. The van der Waals surface area contributed by atoms with Gasteiger partial charge in [0.1, 0.15) is 11.6 Å². The Bertz CT molecular complexity index is 244. The van der Waals surface area contributed by atoms with Gasteiger partial charge in [-0.2, -0.15) is 5.10 Å². The van der Waals surface area contributed by atoms with Crippen molar-refractivity contribution >= 4 is 0 Å². The summed E-state index contributed by atoms with van der Waals surface area (Å²) < 4.78 is 1.73. The maximum atomic E-state index is 8.83. The minimum absolute atomic E-state index is 0.0243. The van der Waals surface area contributed by atoms with Crippen molar-refractivity contribution in [2.45, 2.75) is 26.8 Å². The zero-order valence-electron chi connectivity index (χ0n) is 7.07. The summed E-state index contributed by atoms with van der Waals surface area (Å²) in [5.74, 6) is 1.60. The molecule has 0 spiro atoms. The highest BCUT2D eigenvalue weighted by atomic mass is 16.3. The molecule has 0 aliphatic heterocycles. The van der Waals surface area contributed by atoms with Gasteiger partial charge in [0.25, 0.3) is 0 Å². The molecule has 4 heteroatoms. The molecule has 1 aromatic heterocycles. The van der Waals surface area contributed by atoms with E-state index in [-0.39, 0.29) is 12.6 Å². The van der Waals surface area contributed by atoms with Crippen molar-refractivity contribution in [1.82, 2.24) is 14.8 Å². The monoisotopic (exact) mass is 155 g/mol. The van der Waals surface area contributed by atoms with Crippen LogP contribution in [0.3, 0.4) is 0 Å². The molecule has 1 aromatic rings. The van der Waals surface area contributed by atoms with Gasteiger partial charge in [0, 0.05) is 0 Å². The van der Waals surface area contributed by atoms with Crippen LogP contribution >= 0.6 is 0 Å². The maximum Gasteiger partial charge on any atom is 0.147 e. The fourth-order valence-electron chi connectivity index (χ4n) is 1.03. The predicted octanol–water partition coefficient (Wildman–Crippen LogP) is 0.448. The lowest BCUT2D eigenvalue weighted by Gasteiger charge is -2.08. The summed E-state index contributed by atoms with van der Waals surface area (Å²) in [7, 11) is 0. The first-order valence-electron chi connectivity index (χ1n) is 3.65. The summed E-state index contributed by atoms with van der Waals surface area (Å²) in [5, 5.41) is 13.0. The SMILES string of the molecule is Cc1nc(C)n([C@H](C)CO)n1. The van der Waals surface area contributed by atoms with E-state index in [2.05, 4.69) is 10.1 Å². The van der Waals surface area contributed by atoms with Gasteiger partial charge in [0.05, 0.1) is 12.6 Å². The molecule has 4 nitrogen and oxygen atoms in total. The molecule has 0 aliphatic carbocycles. The van der Waals surface area contributed by atoms with Crippen LogP contribution < -0.4 is 0 Å². The van der Waals surface area contributed by atoms with E-state index < -0.39 is 0 Å². The highest BCUT2D eigenvalue weighted by molar-refractivity contribution is 4.89. The van der Waals surface area contributed by atoms with Crippen molar-refractivity contribution in [3.63, 3.8) is 0 Å². The summed E-state index contributed by atoms with van der Waals surface area (Å²) in [6, 6.07) is 0.0243. The van der Waals surface area contributed by atoms with Gasteiger partial charge in [-0.05, 0) is 20.8 Å². The number of hydrogen-bond donors (Lipinski definition) is 1. The Kier molecular flexibility index (Phi) is 2.24. The van der Waals surface area contributed by atoms with E-state index in [0.29, 0.717) is 0 Å². The van der Waals surface area contributed by atoms with Crippen molar-refractivity contribution in [2.75, 3.05) is 6.61 Å². The van der Waals surface area contributed by atoms with E-state index in [1.807, 2.05) is 20.8 Å². The van der Waals surface area contributed by atoms with Crippen molar-refractivity contribution < 1.29 is 5.11 Å². The van der Waals surface area contributed by atoms with Crippen LogP contribution in [0.4, 0.5) is 0 Å². The standard InChI is InChI=1S/C7H13N3O/c1-5(4-11)10-7(3)8-6(2)9-10/h5,11H,4H2,1-3H3/t5-/m1/s1. The van der Waals surface area contributed by atoms with Crippen LogP contribution in [0.1, 0.15) is 24.6 Å². The van der Waals surface area contributed by atoms with E-state index >= 15 is 0 Å². The molecule has 0 aliphatic rings. The number of aryl methyl sites for hydroxylation is 2. The smallest absolute Gasteiger partial charge is 0.147 e. The van der Waals surface area contributed by atoms with Crippen molar-refractivity contribution in [1.29, 1.82) is 0 Å². The molecule has 0 bridgehead atoms. The van der Waals surface area contributed by atoms with Crippen LogP contribution in [0.2, 0.25) is 0 Å². The van der Waals surface area contributed by atoms with Crippen LogP contribution in [0, 0.1) is 13.8 Å². The summed E-state index contributed by atoms with van der Waals surface area (Å²) in [6.45, 7) is 5.73. The molecule has 0 unspecified atom stereocenters. The molecular formula is C7H13N3O. The Labute approximate surface area is 65.9 Å². The van der Waals surface area contributed by atoms with Gasteiger partial charge < -0.3 is 5.11 Å². The minimum Gasteiger partial charge on any atom is -0.394 e. The Morgan fingerprint density at radius 1 is 1.55 bits per heavy atom. The molecule has 1 rings (SSSR count). The van der Waals surface area contributed by atoms with Crippen molar-refractivity contribution in [2.24, 2.45) is 0 Å². The summed E-state index contributed by atoms with van der Waals surface area (Å²) >= 11 is 0. The number of nitrogens with zero attached hydrogens (tertiary/aromatic N) is 3. The third-order valence-corrected chi connectivity index (χ3v) is 1.59. The van der Waals surface area contributed by atoms with Crippen LogP contribution in [0.15, 0.2) is 0 Å². The predicted molar refractivity (Wildman–Crippen MR) is 41.3 cm³/mol. The first-order chi connectivity index (χ1) is 5.15. The van der Waals surface area contributed by atoms with Crippen LogP contribution in [0.5, 0.6) is 0 Å². The van der Waals surface area contributed by atoms with Gasteiger partial charge in [-0.1, -0.05) is 0 Å². The van der Waals surface area contributed by atoms with E-state index in [1.54, 1.807) is 4.68 Å². The van der Waals surface area contributed by atoms with Crippen LogP contribution in [-0.2, 0) is 0 Å². The normalized spacial score (nSPS) is 13.5. The molecule has 1 atom stereocenters. The van der Waals surface area contributed by atoms with Gasteiger partial charge in [0.15, 0.2) is 0 Å². The minimum atomic E-state index is 0.0243. The lowest BCUT2D eigenvalue weighted by atomic mass is 10.4. The number of hydrogen-bond acceptors (Lipinski definition) is 3. The third kappa shape index (κ3) is 1.57. The number of aliphatic hydroxyl groups is 1. The summed E-state index contributed by atoms with van der Waals surface area (Å²) in [6.07, 6.45) is 0. The molecule has 11 heavy (non-hydrogen) atoms. The first kappa shape index (κ1) is 8.20. The summed E-state index contributed by atoms with van der Waals surface area (Å²) in [5.41, 5.74) is 0. The van der Waals surface area contributed by atoms with E-state index in [1.165, 1.54) is 0 Å². The largest absolute Gasteiger partial charge is 0.394 e. The van der Waals surface area contributed by atoms with Crippen LogP contribution in [-0.4, -0.2) is 26.5 Å². The zero-order valence-corrected chi connectivity index (χ0v) is 7.07. The molecule has 0 saturated heterocycles. The van der Waals surface area contributed by atoms with Gasteiger partial charge in [-0.3, -0.25) is 0 Å². The van der Waals surface area contributed by atoms with Gasteiger partial charge in [-0.25, -0.2) is 9.67 Å². The molecular weight excluding hydrogens is 142 g/mol. The quantitative estimate of drug-likeness (QED) is 0.674. The number of aromatic nitrogens is 3. The number of aliphatic hydroxyl groups excluding tert-OH is 1. The molecule has 0 amide bonds. The molecule has 62 valence electrons. The van der Waals surface area contributed by atoms with Gasteiger partial charge >= 0.3 is 0 Å². The molecule has 0 radical (unpaired) electrons. The van der Waals surface area contributed by atoms with Gasteiger partial charge in [-0.15, -0.1) is 0 Å². The third-order valence-electron chi connectivity index (χ3n) is 1.59. The second-order valence-electron chi connectivity index (χ2n) is 2.68. The van der Waals surface area contributed by atoms with E-state index in [4.69, 9.17) is 5.11 Å². The Morgan fingerprint density at radius 3 is 2.55 bits per heavy atom. The average Bonchev–Trinajstić information content (AvgIpc) is 2.28. The zero-order chi connectivity index (χ0) is 8.43. The van der Waals surface area contributed by atoms with E-state index in [9.17, 15) is 0 Å². The molecule has 1 heterocycles. The average molecular weight is 155 g/mol. The second kappa shape index (κ2) is 3.00. The fraction of sp³-hybridized carbons (Fsp3) is 0.714. The lowest BCUT2D eigenvalue weighted by molar-refractivity contribution is 0.227.